The van der Waals surface area contributed by atoms with E-state index in [2.05, 4.69) is 10.3 Å². The van der Waals surface area contributed by atoms with E-state index in [1.165, 1.54) is 25.7 Å². The van der Waals surface area contributed by atoms with Crippen LogP contribution in [0.3, 0.4) is 0 Å². The fourth-order valence-electron chi connectivity index (χ4n) is 2.55. The van der Waals surface area contributed by atoms with Crippen molar-refractivity contribution in [2.45, 2.75) is 25.7 Å². The number of anilines is 2. The lowest BCUT2D eigenvalue weighted by molar-refractivity contribution is 0.398. The van der Waals surface area contributed by atoms with Crippen molar-refractivity contribution >= 4 is 11.5 Å². The van der Waals surface area contributed by atoms with Gasteiger partial charge in [0.1, 0.15) is 0 Å². The number of nitrogen functional groups attached to an aromatic ring is 1. The van der Waals surface area contributed by atoms with Crippen molar-refractivity contribution in [2.75, 3.05) is 24.7 Å². The lowest BCUT2D eigenvalue weighted by Gasteiger charge is -2.16. The molecule has 92 valence electrons. The normalized spacial score (nSPS) is 21.0. The lowest BCUT2D eigenvalue weighted by Crippen LogP contribution is -2.18. The molecular weight excluding hydrogens is 214 g/mol. The van der Waals surface area contributed by atoms with E-state index in [-0.39, 0.29) is 0 Å². The summed E-state index contributed by atoms with van der Waals surface area (Å²) in [6.45, 7) is 1.00. The predicted octanol–water partition coefficient (Wildman–Crippen LogP) is 2.27. The van der Waals surface area contributed by atoms with Gasteiger partial charge >= 0.3 is 0 Å². The first-order chi connectivity index (χ1) is 8.23. The predicted molar refractivity (Wildman–Crippen MR) is 68.1 cm³/mol. The molecule has 1 aromatic rings. The van der Waals surface area contributed by atoms with Crippen LogP contribution in [-0.2, 0) is 0 Å². The van der Waals surface area contributed by atoms with E-state index in [0.717, 1.165) is 18.3 Å². The Morgan fingerprint density at radius 1 is 1.47 bits per heavy atom. The summed E-state index contributed by atoms with van der Waals surface area (Å²) in [5.41, 5.74) is 7.15. The highest BCUT2D eigenvalue weighted by molar-refractivity contribution is 5.62. The Labute approximate surface area is 102 Å². The molecule has 0 saturated heterocycles. The summed E-state index contributed by atoms with van der Waals surface area (Å²) < 4.78 is 5.11. The molecule has 2 fully saturated rings. The third-order valence-corrected chi connectivity index (χ3v) is 4.05. The van der Waals surface area contributed by atoms with Gasteiger partial charge in [-0.1, -0.05) is 0 Å². The quantitative estimate of drug-likeness (QED) is 0.819. The van der Waals surface area contributed by atoms with Crippen LogP contribution < -0.4 is 15.8 Å². The second-order valence-electron chi connectivity index (χ2n) is 5.28. The van der Waals surface area contributed by atoms with Crippen LogP contribution in [0.5, 0.6) is 5.88 Å². The van der Waals surface area contributed by atoms with Crippen molar-refractivity contribution in [1.82, 2.24) is 4.98 Å². The van der Waals surface area contributed by atoms with Gasteiger partial charge in [-0.15, -0.1) is 0 Å². The largest absolute Gasteiger partial charge is 0.481 e. The first-order valence-corrected chi connectivity index (χ1v) is 6.28. The summed E-state index contributed by atoms with van der Waals surface area (Å²) >= 11 is 0. The van der Waals surface area contributed by atoms with Gasteiger partial charge in [-0.2, -0.15) is 4.98 Å². The van der Waals surface area contributed by atoms with Crippen LogP contribution in [-0.4, -0.2) is 18.6 Å². The minimum atomic E-state index is 0.553. The number of nitrogens with two attached hydrogens (primary N) is 1. The van der Waals surface area contributed by atoms with Crippen molar-refractivity contribution < 1.29 is 4.74 Å². The molecular formula is C13H19N3O. The average molecular weight is 233 g/mol. The number of hydrogen-bond acceptors (Lipinski definition) is 4. The van der Waals surface area contributed by atoms with E-state index in [0.29, 0.717) is 17.0 Å². The highest BCUT2D eigenvalue weighted by atomic mass is 16.5. The Morgan fingerprint density at radius 3 is 2.82 bits per heavy atom. The Hall–Kier alpha value is -1.45. The standard InChI is InChI=1S/C13H19N3O/c1-17-11-5-4-10(14)12(16-11)15-8-13(6-7-13)9-2-3-9/h4-5,9H,2-3,6-8,14H2,1H3,(H,15,16). The topological polar surface area (TPSA) is 60.2 Å². The third-order valence-electron chi connectivity index (χ3n) is 4.05. The number of pyridine rings is 1. The SMILES string of the molecule is COc1ccc(N)c(NCC2(C3CC3)CC2)n1. The Kier molecular flexibility index (Phi) is 2.38. The zero-order valence-corrected chi connectivity index (χ0v) is 10.2. The van der Waals surface area contributed by atoms with Crippen LogP contribution in [0, 0.1) is 11.3 Å². The number of nitrogens with zero attached hydrogens (tertiary/aromatic N) is 1. The molecule has 0 aliphatic heterocycles. The number of hydrogen-bond donors (Lipinski definition) is 2. The van der Waals surface area contributed by atoms with Crippen molar-refractivity contribution in [3.63, 3.8) is 0 Å². The van der Waals surface area contributed by atoms with E-state index in [9.17, 15) is 0 Å². The van der Waals surface area contributed by atoms with E-state index < -0.39 is 0 Å². The van der Waals surface area contributed by atoms with Crippen LogP contribution in [0.2, 0.25) is 0 Å². The summed E-state index contributed by atoms with van der Waals surface area (Å²) in [7, 11) is 1.62. The molecule has 2 aliphatic rings. The van der Waals surface area contributed by atoms with Gasteiger partial charge in [-0.3, -0.25) is 0 Å². The fraction of sp³-hybridized carbons (Fsp3) is 0.615. The molecule has 2 aliphatic carbocycles. The first kappa shape index (κ1) is 10.7. The highest BCUT2D eigenvalue weighted by Gasteiger charge is 2.53. The summed E-state index contributed by atoms with van der Waals surface area (Å²) in [6, 6.07) is 3.62. The molecule has 0 aromatic carbocycles. The monoisotopic (exact) mass is 233 g/mol. The van der Waals surface area contributed by atoms with Crippen molar-refractivity contribution in [3.8, 4) is 5.88 Å². The molecule has 0 unspecified atom stereocenters. The zero-order valence-electron chi connectivity index (χ0n) is 10.2. The summed E-state index contributed by atoms with van der Waals surface area (Å²) in [5, 5.41) is 3.40. The van der Waals surface area contributed by atoms with Crippen molar-refractivity contribution in [2.24, 2.45) is 11.3 Å². The van der Waals surface area contributed by atoms with Crippen molar-refractivity contribution in [1.29, 1.82) is 0 Å². The molecule has 3 N–H and O–H groups in total. The number of methoxy groups -OCH3 is 1. The number of aromatic nitrogens is 1. The Balaban J connectivity index is 1.68. The molecule has 1 heterocycles. The molecule has 3 rings (SSSR count). The van der Waals surface area contributed by atoms with Gasteiger partial charge in [0, 0.05) is 12.6 Å². The summed E-state index contributed by atoms with van der Waals surface area (Å²) in [6.07, 6.45) is 5.52. The maximum atomic E-state index is 5.91. The number of ether oxygens (including phenoxy) is 1. The number of nitrogens with one attached hydrogen (secondary N) is 1. The van der Waals surface area contributed by atoms with Gasteiger partial charge in [0.25, 0.3) is 0 Å². The molecule has 17 heavy (non-hydrogen) atoms. The Bertz CT molecular complexity index is 425. The maximum Gasteiger partial charge on any atom is 0.215 e. The van der Waals surface area contributed by atoms with E-state index in [1.807, 2.05) is 6.07 Å². The lowest BCUT2D eigenvalue weighted by atomic mass is 10.0. The molecule has 4 nitrogen and oxygen atoms in total. The number of rotatable bonds is 5. The van der Waals surface area contributed by atoms with Crippen LogP contribution in [0.15, 0.2) is 12.1 Å². The Morgan fingerprint density at radius 2 is 2.24 bits per heavy atom. The molecule has 0 amide bonds. The third kappa shape index (κ3) is 2.04. The second-order valence-corrected chi connectivity index (χ2v) is 5.28. The zero-order chi connectivity index (χ0) is 11.9. The molecule has 1 aromatic heterocycles. The average Bonchev–Trinajstić information content (AvgIpc) is 3.19. The minimum absolute atomic E-state index is 0.553. The maximum absolute atomic E-state index is 5.91. The van der Waals surface area contributed by atoms with Gasteiger partial charge in [0.2, 0.25) is 5.88 Å². The molecule has 2 saturated carbocycles. The fourth-order valence-corrected chi connectivity index (χ4v) is 2.55. The van der Waals surface area contributed by atoms with E-state index in [4.69, 9.17) is 10.5 Å². The molecule has 0 atom stereocenters. The van der Waals surface area contributed by atoms with Crippen LogP contribution in [0.4, 0.5) is 11.5 Å². The summed E-state index contributed by atoms with van der Waals surface area (Å²) in [5.74, 6) is 2.32. The minimum Gasteiger partial charge on any atom is -0.481 e. The van der Waals surface area contributed by atoms with E-state index >= 15 is 0 Å². The molecule has 4 heteroatoms. The highest BCUT2D eigenvalue weighted by Crippen LogP contribution is 2.61. The molecule has 0 radical (unpaired) electrons. The van der Waals surface area contributed by atoms with Gasteiger partial charge in [-0.05, 0) is 43.1 Å². The van der Waals surface area contributed by atoms with Gasteiger partial charge in [0.15, 0.2) is 5.82 Å². The van der Waals surface area contributed by atoms with E-state index in [1.54, 1.807) is 13.2 Å². The second kappa shape index (κ2) is 3.79. The smallest absolute Gasteiger partial charge is 0.215 e. The summed E-state index contributed by atoms with van der Waals surface area (Å²) in [4.78, 5) is 4.34. The van der Waals surface area contributed by atoms with Gasteiger partial charge in [-0.25, -0.2) is 0 Å². The van der Waals surface area contributed by atoms with Crippen LogP contribution in [0.1, 0.15) is 25.7 Å². The first-order valence-electron chi connectivity index (χ1n) is 6.28. The van der Waals surface area contributed by atoms with Crippen molar-refractivity contribution in [3.05, 3.63) is 12.1 Å². The van der Waals surface area contributed by atoms with Crippen LogP contribution >= 0.6 is 0 Å². The molecule has 0 bridgehead atoms. The van der Waals surface area contributed by atoms with Crippen LogP contribution in [0.25, 0.3) is 0 Å². The molecule has 0 spiro atoms. The van der Waals surface area contributed by atoms with Gasteiger partial charge in [0.05, 0.1) is 12.8 Å². The van der Waals surface area contributed by atoms with Gasteiger partial charge < -0.3 is 15.8 Å².